The van der Waals surface area contributed by atoms with Crippen molar-refractivity contribution in [1.82, 2.24) is 0 Å². The number of hydrogen-bond donors (Lipinski definition) is 0. The Labute approximate surface area is 189 Å². The summed E-state index contributed by atoms with van der Waals surface area (Å²) >= 11 is 3.76. The topological polar surface area (TPSA) is 26.3 Å². The van der Waals surface area contributed by atoms with Gasteiger partial charge in [0.25, 0.3) is 0 Å². The fraction of sp³-hybridized carbons (Fsp3) is 0.500. The molecular weight excluding hydrogens is 408 g/mol. The van der Waals surface area contributed by atoms with Gasteiger partial charge in [0.2, 0.25) is 0 Å². The van der Waals surface area contributed by atoms with Gasteiger partial charge in [0, 0.05) is 21.8 Å². The molecule has 30 heavy (non-hydrogen) atoms. The summed E-state index contributed by atoms with van der Waals surface area (Å²) in [7, 11) is 0. The minimum absolute atomic E-state index is 0.0893. The monoisotopic (exact) mass is 440 g/mol. The smallest absolute Gasteiger partial charge is 0.305 e. The lowest BCUT2D eigenvalue weighted by Crippen LogP contribution is -2.23. The second kappa shape index (κ2) is 10.6. The van der Waals surface area contributed by atoms with Gasteiger partial charge in [-0.25, -0.2) is 0 Å². The summed E-state index contributed by atoms with van der Waals surface area (Å²) < 4.78 is 4.98. The average molecular weight is 441 g/mol. The van der Waals surface area contributed by atoms with Gasteiger partial charge in [-0.3, -0.25) is 4.79 Å². The molecular formula is C26H32O2S2. The van der Waals surface area contributed by atoms with E-state index in [1.807, 2.05) is 18.7 Å². The lowest BCUT2D eigenvalue weighted by Gasteiger charge is -2.32. The first-order valence-corrected chi connectivity index (χ1v) is 12.8. The van der Waals surface area contributed by atoms with Gasteiger partial charge in [-0.05, 0) is 85.6 Å². The number of hydrogen-bond acceptors (Lipinski definition) is 4. The van der Waals surface area contributed by atoms with Crippen molar-refractivity contribution < 1.29 is 9.53 Å². The number of fused-ring (bicyclic) bond motifs is 1. The normalized spacial score (nSPS) is 14.5. The summed E-state index contributed by atoms with van der Waals surface area (Å²) in [5.41, 5.74) is 4.20. The quantitative estimate of drug-likeness (QED) is 0.270. The van der Waals surface area contributed by atoms with E-state index in [9.17, 15) is 4.79 Å². The van der Waals surface area contributed by atoms with Crippen molar-refractivity contribution >= 4 is 29.1 Å². The molecule has 4 heteroatoms. The van der Waals surface area contributed by atoms with Crippen molar-refractivity contribution in [1.29, 1.82) is 0 Å². The molecule has 0 atom stereocenters. The first-order valence-electron chi connectivity index (χ1n) is 11.0. The van der Waals surface area contributed by atoms with Gasteiger partial charge in [-0.2, -0.15) is 0 Å². The molecule has 0 radical (unpaired) electrons. The van der Waals surface area contributed by atoms with Crippen LogP contribution in [0.2, 0.25) is 0 Å². The van der Waals surface area contributed by atoms with E-state index < -0.39 is 0 Å². The van der Waals surface area contributed by atoms with Crippen LogP contribution in [0.4, 0.5) is 0 Å². The van der Waals surface area contributed by atoms with Crippen LogP contribution in [0.3, 0.4) is 0 Å². The minimum Gasteiger partial charge on any atom is -0.466 e. The molecule has 0 amide bonds. The number of rotatable bonds is 7. The molecule has 1 aromatic carbocycles. The molecule has 0 N–H and O–H groups in total. The zero-order valence-corrected chi connectivity index (χ0v) is 20.2. The highest BCUT2D eigenvalue weighted by Crippen LogP contribution is 2.42. The fourth-order valence-electron chi connectivity index (χ4n) is 3.74. The maximum absolute atomic E-state index is 11.4. The number of carbonyl (C=O) groups excluding carboxylic acids is 1. The van der Waals surface area contributed by atoms with E-state index in [1.165, 1.54) is 38.6 Å². The number of thiophene rings is 1. The van der Waals surface area contributed by atoms with Gasteiger partial charge >= 0.3 is 5.97 Å². The van der Waals surface area contributed by atoms with Crippen molar-refractivity contribution in [3.63, 3.8) is 0 Å². The summed E-state index contributed by atoms with van der Waals surface area (Å²) in [6, 6.07) is 9.01. The molecule has 0 unspecified atom stereocenters. The number of unbranched alkanes of at least 4 members (excludes halogenated alkanes) is 1. The lowest BCUT2D eigenvalue weighted by atomic mass is 9.80. The number of benzene rings is 1. The van der Waals surface area contributed by atoms with Crippen LogP contribution in [-0.4, -0.2) is 18.3 Å². The third-order valence-electron chi connectivity index (χ3n) is 5.64. The third kappa shape index (κ3) is 5.93. The van der Waals surface area contributed by atoms with Crippen LogP contribution in [0.5, 0.6) is 0 Å². The Hall–Kier alpha value is -1.70. The molecule has 160 valence electrons. The van der Waals surface area contributed by atoms with E-state index in [0.29, 0.717) is 13.0 Å². The molecule has 0 spiro atoms. The number of carbonyl (C=O) groups is 1. The standard InChI is InChI=1S/C26H32O2S2/c1-5-19-18-24-23(26(3,4)15-16-29-24)17-20(19)11-12-22-14-13-21(30-22)9-7-8-10-25(27)28-6-2/h13-14,17-18H,5-10,15-16H2,1-4H3. The van der Waals surface area contributed by atoms with Crippen LogP contribution in [0.1, 0.15) is 79.8 Å². The second-order valence-electron chi connectivity index (χ2n) is 8.37. The summed E-state index contributed by atoms with van der Waals surface area (Å²) in [6.07, 6.45) is 5.61. The molecule has 0 fully saturated rings. The van der Waals surface area contributed by atoms with E-state index in [-0.39, 0.29) is 11.4 Å². The molecule has 1 aromatic heterocycles. The Kier molecular flexibility index (Phi) is 8.08. The highest BCUT2D eigenvalue weighted by molar-refractivity contribution is 7.99. The first-order chi connectivity index (χ1) is 14.4. The second-order valence-corrected chi connectivity index (χ2v) is 10.7. The number of ether oxygens (including phenoxy) is 1. The first kappa shape index (κ1) is 23.0. The van der Waals surface area contributed by atoms with Crippen molar-refractivity contribution in [2.75, 3.05) is 12.4 Å². The van der Waals surface area contributed by atoms with Gasteiger partial charge in [-0.1, -0.05) is 32.6 Å². The summed E-state index contributed by atoms with van der Waals surface area (Å²) in [6.45, 7) is 9.22. The lowest BCUT2D eigenvalue weighted by molar-refractivity contribution is -0.143. The summed E-state index contributed by atoms with van der Waals surface area (Å²) in [5, 5.41) is 0. The molecule has 1 aliphatic heterocycles. The third-order valence-corrected chi connectivity index (χ3v) is 7.76. The highest BCUT2D eigenvalue weighted by Gasteiger charge is 2.28. The van der Waals surface area contributed by atoms with Crippen LogP contribution < -0.4 is 0 Å². The van der Waals surface area contributed by atoms with Crippen LogP contribution in [0.15, 0.2) is 29.2 Å². The zero-order chi connectivity index (χ0) is 21.6. The molecule has 0 saturated heterocycles. The van der Waals surface area contributed by atoms with Gasteiger partial charge in [0.1, 0.15) is 0 Å². The van der Waals surface area contributed by atoms with E-state index in [0.717, 1.165) is 30.6 Å². The van der Waals surface area contributed by atoms with E-state index >= 15 is 0 Å². The Balaban J connectivity index is 1.67. The molecule has 2 aromatic rings. The molecule has 0 bridgehead atoms. The number of aryl methyl sites for hydroxylation is 2. The Morgan fingerprint density at radius 1 is 1.17 bits per heavy atom. The number of esters is 1. The number of thioether (sulfide) groups is 1. The van der Waals surface area contributed by atoms with E-state index in [2.05, 4.69) is 56.9 Å². The molecule has 1 aliphatic rings. The van der Waals surface area contributed by atoms with Crippen molar-refractivity contribution in [3.8, 4) is 11.8 Å². The SMILES string of the molecule is CCOC(=O)CCCCc1ccc(C#Cc2cc3c(cc2CC)SCCC3(C)C)s1. The van der Waals surface area contributed by atoms with Gasteiger partial charge < -0.3 is 4.74 Å². The summed E-state index contributed by atoms with van der Waals surface area (Å²) in [5.74, 6) is 7.98. The van der Waals surface area contributed by atoms with Crippen LogP contribution >= 0.6 is 23.1 Å². The van der Waals surface area contributed by atoms with E-state index in [4.69, 9.17) is 4.74 Å². The van der Waals surface area contributed by atoms with Crippen molar-refractivity contribution in [3.05, 3.63) is 50.7 Å². The molecule has 0 saturated carbocycles. The van der Waals surface area contributed by atoms with Gasteiger partial charge in [0.05, 0.1) is 11.5 Å². The maximum atomic E-state index is 11.4. The largest absolute Gasteiger partial charge is 0.466 e. The maximum Gasteiger partial charge on any atom is 0.305 e. The predicted octanol–water partition coefficient (Wildman–Crippen LogP) is 6.76. The average Bonchev–Trinajstić information content (AvgIpc) is 3.17. The Bertz CT molecular complexity index is 944. The Morgan fingerprint density at radius 2 is 2.00 bits per heavy atom. The van der Waals surface area contributed by atoms with Crippen LogP contribution in [-0.2, 0) is 27.8 Å². The minimum atomic E-state index is -0.0893. The molecule has 2 nitrogen and oxygen atoms in total. The van der Waals surface area contributed by atoms with Crippen molar-refractivity contribution in [2.45, 2.75) is 76.5 Å². The zero-order valence-electron chi connectivity index (χ0n) is 18.6. The molecule has 2 heterocycles. The summed E-state index contributed by atoms with van der Waals surface area (Å²) in [4.78, 5) is 15.3. The van der Waals surface area contributed by atoms with Crippen LogP contribution in [0, 0.1) is 11.8 Å². The highest BCUT2D eigenvalue weighted by atomic mass is 32.2. The predicted molar refractivity (Wildman–Crippen MR) is 129 cm³/mol. The van der Waals surface area contributed by atoms with Gasteiger partial charge in [-0.15, -0.1) is 23.1 Å². The molecule has 3 rings (SSSR count). The van der Waals surface area contributed by atoms with E-state index in [1.54, 1.807) is 11.3 Å². The van der Waals surface area contributed by atoms with Crippen molar-refractivity contribution in [2.24, 2.45) is 0 Å². The van der Waals surface area contributed by atoms with Crippen LogP contribution in [0.25, 0.3) is 0 Å². The van der Waals surface area contributed by atoms with Gasteiger partial charge in [0.15, 0.2) is 0 Å². The Morgan fingerprint density at radius 3 is 2.77 bits per heavy atom. The molecule has 0 aliphatic carbocycles. The fourth-order valence-corrected chi connectivity index (χ4v) is 6.19.